The smallest absolute Gasteiger partial charge is 0.338 e. The van der Waals surface area contributed by atoms with Crippen LogP contribution in [0.15, 0.2) is 53.7 Å². The van der Waals surface area contributed by atoms with E-state index in [1.165, 1.54) is 18.2 Å². The number of amides is 1. The Hall–Kier alpha value is -3.68. The van der Waals surface area contributed by atoms with Crippen molar-refractivity contribution in [2.45, 2.75) is 26.4 Å². The number of rotatable bonds is 7. The summed E-state index contributed by atoms with van der Waals surface area (Å²) in [5.74, 6) is -1.70. The van der Waals surface area contributed by atoms with Gasteiger partial charge < -0.3 is 19.6 Å². The second-order valence-corrected chi connectivity index (χ2v) is 6.44. The zero-order valence-electron chi connectivity index (χ0n) is 16.7. The third-order valence-corrected chi connectivity index (χ3v) is 4.32. The lowest BCUT2D eigenvalue weighted by Crippen LogP contribution is -2.22. The number of anilines is 1. The van der Waals surface area contributed by atoms with E-state index in [4.69, 9.17) is 14.3 Å². The Morgan fingerprint density at radius 1 is 1.00 bits per heavy atom. The lowest BCUT2D eigenvalue weighted by Gasteiger charge is -2.10. The summed E-state index contributed by atoms with van der Waals surface area (Å²) in [6.07, 6.45) is -0.0362. The SMILES string of the molecule is CCOC(=O)c1cc(NC(=O)C2=NOC(c3ccccc3)C2)cc(C(=O)OCC)c1. The molecule has 0 spiro atoms. The minimum absolute atomic E-state index is 0.129. The third kappa shape index (κ3) is 5.02. The first-order valence-corrected chi connectivity index (χ1v) is 9.60. The number of oxime groups is 1. The molecular weight excluding hydrogens is 388 g/mol. The highest BCUT2D eigenvalue weighted by Gasteiger charge is 2.27. The fourth-order valence-electron chi connectivity index (χ4n) is 2.93. The molecular formula is C22H22N2O6. The average Bonchev–Trinajstić information content (AvgIpc) is 3.25. The van der Waals surface area contributed by atoms with Crippen LogP contribution in [0.4, 0.5) is 5.69 Å². The molecule has 1 N–H and O–H groups in total. The number of hydrogen-bond donors (Lipinski definition) is 1. The summed E-state index contributed by atoms with van der Waals surface area (Å²) in [7, 11) is 0. The number of carbonyl (C=O) groups is 3. The van der Waals surface area contributed by atoms with Crippen molar-refractivity contribution in [2.24, 2.45) is 5.16 Å². The molecule has 2 aromatic carbocycles. The molecule has 8 heteroatoms. The normalized spacial score (nSPS) is 15.0. The summed E-state index contributed by atoms with van der Waals surface area (Å²) >= 11 is 0. The highest BCUT2D eigenvalue weighted by Crippen LogP contribution is 2.27. The van der Waals surface area contributed by atoms with Gasteiger partial charge in [0.2, 0.25) is 0 Å². The van der Waals surface area contributed by atoms with E-state index in [1.54, 1.807) is 13.8 Å². The highest BCUT2D eigenvalue weighted by molar-refractivity contribution is 6.43. The first kappa shape index (κ1) is 21.0. The molecule has 1 atom stereocenters. The second kappa shape index (κ2) is 9.69. The molecule has 1 unspecified atom stereocenters. The number of esters is 2. The number of benzene rings is 2. The number of hydrogen-bond acceptors (Lipinski definition) is 7. The number of ether oxygens (including phenoxy) is 2. The Kier molecular flexibility index (Phi) is 6.79. The van der Waals surface area contributed by atoms with Crippen LogP contribution >= 0.6 is 0 Å². The van der Waals surface area contributed by atoms with Gasteiger partial charge in [0.1, 0.15) is 5.71 Å². The molecule has 0 fully saturated rings. The van der Waals surface area contributed by atoms with Gasteiger partial charge in [0.05, 0.1) is 24.3 Å². The summed E-state index contributed by atoms with van der Waals surface area (Å²) in [5.41, 5.74) is 1.63. The molecule has 1 amide bonds. The summed E-state index contributed by atoms with van der Waals surface area (Å²) < 4.78 is 10.00. The van der Waals surface area contributed by atoms with Crippen molar-refractivity contribution < 1.29 is 28.7 Å². The molecule has 0 saturated carbocycles. The molecule has 0 aliphatic carbocycles. The van der Waals surface area contributed by atoms with Gasteiger partial charge in [0.15, 0.2) is 6.10 Å². The van der Waals surface area contributed by atoms with Gasteiger partial charge in [-0.05, 0) is 37.6 Å². The van der Waals surface area contributed by atoms with Crippen molar-refractivity contribution in [3.63, 3.8) is 0 Å². The summed E-state index contributed by atoms with van der Waals surface area (Å²) in [4.78, 5) is 42.3. The topological polar surface area (TPSA) is 103 Å². The van der Waals surface area contributed by atoms with Gasteiger partial charge in [-0.15, -0.1) is 0 Å². The number of carbonyl (C=O) groups excluding carboxylic acids is 3. The van der Waals surface area contributed by atoms with Crippen molar-refractivity contribution in [1.82, 2.24) is 0 Å². The van der Waals surface area contributed by atoms with E-state index in [-0.39, 0.29) is 41.8 Å². The summed E-state index contributed by atoms with van der Waals surface area (Å²) in [6.45, 7) is 3.71. The van der Waals surface area contributed by atoms with Gasteiger partial charge in [0, 0.05) is 12.1 Å². The average molecular weight is 410 g/mol. The van der Waals surface area contributed by atoms with Gasteiger partial charge in [0.25, 0.3) is 5.91 Å². The Bertz CT molecular complexity index is 935. The molecule has 8 nitrogen and oxygen atoms in total. The van der Waals surface area contributed by atoms with Gasteiger partial charge in [-0.1, -0.05) is 35.5 Å². The molecule has 0 saturated heterocycles. The zero-order chi connectivity index (χ0) is 21.5. The van der Waals surface area contributed by atoms with Crippen LogP contribution in [0.2, 0.25) is 0 Å². The predicted octanol–water partition coefficient (Wildman–Crippen LogP) is 3.50. The monoisotopic (exact) mass is 410 g/mol. The number of nitrogens with zero attached hydrogens (tertiary/aromatic N) is 1. The first-order valence-electron chi connectivity index (χ1n) is 9.60. The first-order chi connectivity index (χ1) is 14.5. The molecule has 1 aliphatic rings. The van der Waals surface area contributed by atoms with Gasteiger partial charge in [-0.3, -0.25) is 4.79 Å². The lowest BCUT2D eigenvalue weighted by molar-refractivity contribution is -0.110. The summed E-state index contributed by atoms with van der Waals surface area (Å²) in [5, 5.41) is 6.55. The van der Waals surface area contributed by atoms with E-state index in [0.717, 1.165) is 5.56 Å². The second-order valence-electron chi connectivity index (χ2n) is 6.44. The van der Waals surface area contributed by atoms with Crippen LogP contribution < -0.4 is 5.32 Å². The molecule has 1 aliphatic heterocycles. The minimum Gasteiger partial charge on any atom is -0.462 e. The van der Waals surface area contributed by atoms with E-state index in [0.29, 0.717) is 6.42 Å². The maximum absolute atomic E-state index is 12.7. The Morgan fingerprint density at radius 3 is 2.17 bits per heavy atom. The highest BCUT2D eigenvalue weighted by atomic mass is 16.6. The fraction of sp³-hybridized carbons (Fsp3) is 0.273. The quantitative estimate of drug-likeness (QED) is 0.701. The van der Waals surface area contributed by atoms with E-state index in [2.05, 4.69) is 10.5 Å². The summed E-state index contributed by atoms with van der Waals surface area (Å²) in [6, 6.07) is 13.7. The van der Waals surface area contributed by atoms with Crippen LogP contribution in [-0.4, -0.2) is 36.8 Å². The lowest BCUT2D eigenvalue weighted by atomic mass is 10.0. The van der Waals surface area contributed by atoms with Gasteiger partial charge in [-0.25, -0.2) is 9.59 Å². The predicted molar refractivity (Wildman–Crippen MR) is 109 cm³/mol. The van der Waals surface area contributed by atoms with Crippen molar-refractivity contribution >= 4 is 29.2 Å². The van der Waals surface area contributed by atoms with Crippen molar-refractivity contribution in [3.05, 3.63) is 65.2 Å². The molecule has 0 radical (unpaired) electrons. The van der Waals surface area contributed by atoms with Crippen molar-refractivity contribution in [2.75, 3.05) is 18.5 Å². The molecule has 0 bridgehead atoms. The van der Waals surface area contributed by atoms with Crippen LogP contribution in [0.3, 0.4) is 0 Å². The van der Waals surface area contributed by atoms with E-state index in [9.17, 15) is 14.4 Å². The number of nitrogens with one attached hydrogen (secondary N) is 1. The molecule has 156 valence electrons. The van der Waals surface area contributed by atoms with Crippen LogP contribution in [-0.2, 0) is 19.1 Å². The van der Waals surface area contributed by atoms with E-state index >= 15 is 0 Å². The van der Waals surface area contributed by atoms with Crippen LogP contribution in [0, 0.1) is 0 Å². The van der Waals surface area contributed by atoms with E-state index in [1.807, 2.05) is 30.3 Å². The third-order valence-electron chi connectivity index (χ3n) is 4.32. The Labute approximate surface area is 173 Å². The minimum atomic E-state index is -0.607. The van der Waals surface area contributed by atoms with Gasteiger partial charge >= 0.3 is 11.9 Å². The maximum atomic E-state index is 12.7. The molecule has 2 aromatic rings. The molecule has 3 rings (SSSR count). The van der Waals surface area contributed by atoms with E-state index < -0.39 is 17.8 Å². The largest absolute Gasteiger partial charge is 0.462 e. The Balaban J connectivity index is 1.77. The van der Waals surface area contributed by atoms with Crippen molar-refractivity contribution in [1.29, 1.82) is 0 Å². The maximum Gasteiger partial charge on any atom is 0.338 e. The Morgan fingerprint density at radius 2 is 1.60 bits per heavy atom. The van der Waals surface area contributed by atoms with Crippen LogP contribution in [0.5, 0.6) is 0 Å². The molecule has 30 heavy (non-hydrogen) atoms. The zero-order valence-corrected chi connectivity index (χ0v) is 16.7. The van der Waals surface area contributed by atoms with Crippen molar-refractivity contribution in [3.8, 4) is 0 Å². The van der Waals surface area contributed by atoms with Crippen LogP contribution in [0.25, 0.3) is 0 Å². The standard InChI is InChI=1S/C22H22N2O6/c1-3-28-21(26)15-10-16(22(27)29-4-2)12-17(11-15)23-20(25)18-13-19(30-24-18)14-8-6-5-7-9-14/h5-12,19H,3-4,13H2,1-2H3,(H,23,25). The molecule has 1 heterocycles. The molecule has 0 aromatic heterocycles. The van der Waals surface area contributed by atoms with Gasteiger partial charge in [-0.2, -0.15) is 0 Å². The fourth-order valence-corrected chi connectivity index (χ4v) is 2.93. The van der Waals surface area contributed by atoms with Crippen LogP contribution in [0.1, 0.15) is 52.7 Å².